The highest BCUT2D eigenvalue weighted by Gasteiger charge is 2.23. The number of hydrogen-bond acceptors (Lipinski definition) is 6. The molecule has 1 amide bonds. The van der Waals surface area contributed by atoms with Crippen LogP contribution in [0, 0.1) is 0 Å². The van der Waals surface area contributed by atoms with Crippen LogP contribution in [0.5, 0.6) is 5.75 Å². The lowest BCUT2D eigenvalue weighted by Crippen LogP contribution is -2.34. The maximum absolute atomic E-state index is 13.2. The number of benzene rings is 2. The zero-order valence-corrected chi connectivity index (χ0v) is 20.3. The van der Waals surface area contributed by atoms with Crippen LogP contribution >= 0.6 is 11.8 Å². The topological polar surface area (TPSA) is 73.1 Å². The third-order valence-corrected chi connectivity index (χ3v) is 6.51. The summed E-state index contributed by atoms with van der Waals surface area (Å²) in [7, 11) is 1.64. The Kier molecular flexibility index (Phi) is 7.59. The van der Waals surface area contributed by atoms with Crippen molar-refractivity contribution in [1.29, 1.82) is 0 Å². The Labute approximate surface area is 203 Å². The van der Waals surface area contributed by atoms with Gasteiger partial charge < -0.3 is 9.64 Å². The third kappa shape index (κ3) is 5.12. The zero-order valence-electron chi connectivity index (χ0n) is 19.5. The van der Waals surface area contributed by atoms with Gasteiger partial charge in [-0.2, -0.15) is 0 Å². The van der Waals surface area contributed by atoms with Crippen LogP contribution < -0.4 is 4.74 Å². The molecule has 7 nitrogen and oxygen atoms in total. The highest BCUT2D eigenvalue weighted by Crippen LogP contribution is 2.29. The number of amides is 1. The number of rotatable bonds is 9. The monoisotopic (exact) mass is 473 g/mol. The lowest BCUT2D eigenvalue weighted by atomic mass is 10.1. The number of aromatic nitrogens is 4. The second kappa shape index (κ2) is 11.0. The molecule has 2 heterocycles. The average molecular weight is 474 g/mol. The van der Waals surface area contributed by atoms with Crippen molar-refractivity contribution >= 4 is 17.7 Å². The zero-order chi connectivity index (χ0) is 23.9. The van der Waals surface area contributed by atoms with Gasteiger partial charge in [0.25, 0.3) is 0 Å². The van der Waals surface area contributed by atoms with Crippen LogP contribution in [-0.2, 0) is 4.79 Å². The van der Waals surface area contributed by atoms with Gasteiger partial charge >= 0.3 is 0 Å². The van der Waals surface area contributed by atoms with Gasteiger partial charge in [0, 0.05) is 30.2 Å². The van der Waals surface area contributed by atoms with E-state index >= 15 is 0 Å². The Hall–Kier alpha value is -3.65. The first-order valence-corrected chi connectivity index (χ1v) is 12.1. The van der Waals surface area contributed by atoms with Crippen LogP contribution in [0.25, 0.3) is 17.1 Å². The molecular weight excluding hydrogens is 446 g/mol. The Morgan fingerprint density at radius 1 is 1.09 bits per heavy atom. The molecule has 0 N–H and O–H groups in total. The van der Waals surface area contributed by atoms with Gasteiger partial charge in [-0.15, -0.1) is 10.2 Å². The predicted octanol–water partition coefficient (Wildman–Crippen LogP) is 5.04. The Balaban J connectivity index is 1.57. The van der Waals surface area contributed by atoms with Gasteiger partial charge in [-0.25, -0.2) is 0 Å². The lowest BCUT2D eigenvalue weighted by Gasteiger charge is -2.28. The molecule has 0 saturated carbocycles. The van der Waals surface area contributed by atoms with Crippen LogP contribution in [0.2, 0.25) is 0 Å². The molecule has 34 heavy (non-hydrogen) atoms. The van der Waals surface area contributed by atoms with E-state index in [1.807, 2.05) is 90.0 Å². The normalized spacial score (nSPS) is 11.7. The number of methoxy groups -OCH3 is 1. The summed E-state index contributed by atoms with van der Waals surface area (Å²) in [5.41, 5.74) is 2.82. The predicted molar refractivity (Wildman–Crippen MR) is 134 cm³/mol. The maximum Gasteiger partial charge on any atom is 0.233 e. The van der Waals surface area contributed by atoms with Gasteiger partial charge in [-0.3, -0.25) is 14.3 Å². The summed E-state index contributed by atoms with van der Waals surface area (Å²) in [6.45, 7) is 4.63. The summed E-state index contributed by atoms with van der Waals surface area (Å²) in [5.74, 6) is 1.75. The number of pyridine rings is 1. The van der Waals surface area contributed by atoms with Crippen LogP contribution in [0.1, 0.15) is 25.5 Å². The summed E-state index contributed by atoms with van der Waals surface area (Å²) in [6, 6.07) is 21.5. The minimum atomic E-state index is -0.0776. The smallest absolute Gasteiger partial charge is 0.233 e. The molecule has 0 fully saturated rings. The fourth-order valence-electron chi connectivity index (χ4n) is 3.81. The third-order valence-electron chi connectivity index (χ3n) is 5.60. The number of carbonyl (C=O) groups excluding carboxylic acids is 1. The van der Waals surface area contributed by atoms with Crippen molar-refractivity contribution < 1.29 is 9.53 Å². The van der Waals surface area contributed by atoms with Crippen molar-refractivity contribution in [2.75, 3.05) is 19.4 Å². The quantitative estimate of drug-likeness (QED) is 0.317. The van der Waals surface area contributed by atoms with E-state index in [9.17, 15) is 4.79 Å². The number of hydrogen-bond donors (Lipinski definition) is 0. The fraction of sp³-hybridized carbons (Fsp3) is 0.231. The number of thioether (sulfide) groups is 1. The highest BCUT2D eigenvalue weighted by molar-refractivity contribution is 7.99. The molecule has 0 aliphatic rings. The molecule has 0 spiro atoms. The van der Waals surface area contributed by atoms with Gasteiger partial charge in [0.2, 0.25) is 5.91 Å². The van der Waals surface area contributed by atoms with E-state index in [1.54, 1.807) is 19.5 Å². The second-order valence-electron chi connectivity index (χ2n) is 7.64. The van der Waals surface area contributed by atoms with Crippen molar-refractivity contribution in [3.63, 3.8) is 0 Å². The molecule has 4 rings (SSSR count). The van der Waals surface area contributed by atoms with Crippen LogP contribution in [0.15, 0.2) is 84.3 Å². The van der Waals surface area contributed by atoms with E-state index in [0.29, 0.717) is 17.5 Å². The van der Waals surface area contributed by atoms with Gasteiger partial charge in [0.05, 0.1) is 18.9 Å². The summed E-state index contributed by atoms with van der Waals surface area (Å²) >= 11 is 1.38. The second-order valence-corrected chi connectivity index (χ2v) is 8.58. The first kappa shape index (κ1) is 23.5. The fourth-order valence-corrected chi connectivity index (χ4v) is 4.65. The van der Waals surface area contributed by atoms with Crippen LogP contribution in [-0.4, -0.2) is 50.0 Å². The van der Waals surface area contributed by atoms with Gasteiger partial charge in [0.1, 0.15) is 5.75 Å². The summed E-state index contributed by atoms with van der Waals surface area (Å²) in [6.07, 6.45) is 3.49. The van der Waals surface area contributed by atoms with Gasteiger partial charge in [-0.05, 0) is 55.8 Å². The Morgan fingerprint density at radius 3 is 2.62 bits per heavy atom. The van der Waals surface area contributed by atoms with Crippen molar-refractivity contribution in [1.82, 2.24) is 24.6 Å². The van der Waals surface area contributed by atoms with E-state index in [2.05, 4.69) is 15.2 Å². The van der Waals surface area contributed by atoms with Gasteiger partial charge in [0.15, 0.2) is 11.0 Å². The molecule has 2 aromatic heterocycles. The molecular formula is C26H27N5O2S. The maximum atomic E-state index is 13.2. The average Bonchev–Trinajstić information content (AvgIpc) is 3.33. The molecule has 4 aromatic rings. The first-order chi connectivity index (χ1) is 16.6. The number of carbonyl (C=O) groups is 1. The van der Waals surface area contributed by atoms with Crippen molar-refractivity contribution in [3.05, 3.63) is 84.7 Å². The standard InChI is InChI=1S/C26H27N5O2S/c1-4-30(19(2)20-10-8-14-23(16-20)33-3)24(32)18-34-26-29-28-25(21-11-9-15-27-17-21)31(26)22-12-6-5-7-13-22/h5-17,19H,4,18H2,1-3H3. The molecule has 174 valence electrons. The molecule has 0 aliphatic heterocycles. The largest absolute Gasteiger partial charge is 0.497 e. The molecule has 0 bridgehead atoms. The van der Waals surface area contributed by atoms with E-state index in [-0.39, 0.29) is 17.7 Å². The molecule has 0 radical (unpaired) electrons. The molecule has 2 aromatic carbocycles. The van der Waals surface area contributed by atoms with E-state index in [4.69, 9.17) is 4.74 Å². The van der Waals surface area contributed by atoms with Crippen LogP contribution in [0.4, 0.5) is 0 Å². The molecule has 0 saturated heterocycles. The SMILES string of the molecule is CCN(C(=O)CSc1nnc(-c2cccnc2)n1-c1ccccc1)C(C)c1cccc(OC)c1. The highest BCUT2D eigenvalue weighted by atomic mass is 32.2. The van der Waals surface area contributed by atoms with E-state index in [0.717, 1.165) is 22.6 Å². The van der Waals surface area contributed by atoms with Crippen molar-refractivity contribution in [3.8, 4) is 22.8 Å². The number of nitrogens with zero attached hydrogens (tertiary/aromatic N) is 5. The lowest BCUT2D eigenvalue weighted by molar-refractivity contribution is -0.130. The summed E-state index contributed by atoms with van der Waals surface area (Å²) < 4.78 is 7.32. The van der Waals surface area contributed by atoms with E-state index in [1.165, 1.54) is 11.8 Å². The molecule has 0 aliphatic carbocycles. The molecule has 1 atom stereocenters. The van der Waals surface area contributed by atoms with Gasteiger partial charge in [-0.1, -0.05) is 42.1 Å². The van der Waals surface area contributed by atoms with E-state index < -0.39 is 0 Å². The minimum absolute atomic E-state index is 0.0355. The van der Waals surface area contributed by atoms with Crippen LogP contribution in [0.3, 0.4) is 0 Å². The first-order valence-electron chi connectivity index (χ1n) is 11.1. The van der Waals surface area contributed by atoms with Crippen molar-refractivity contribution in [2.24, 2.45) is 0 Å². The molecule has 8 heteroatoms. The summed E-state index contributed by atoms with van der Waals surface area (Å²) in [4.78, 5) is 19.3. The Bertz CT molecular complexity index is 1230. The van der Waals surface area contributed by atoms with Crippen molar-refractivity contribution in [2.45, 2.75) is 25.0 Å². The molecule has 1 unspecified atom stereocenters. The summed E-state index contributed by atoms with van der Waals surface area (Å²) in [5, 5.41) is 9.49. The number of para-hydroxylation sites is 1. The Morgan fingerprint density at radius 2 is 1.91 bits per heavy atom. The minimum Gasteiger partial charge on any atom is -0.497 e. The number of ether oxygens (including phenoxy) is 1.